The van der Waals surface area contributed by atoms with E-state index in [9.17, 15) is 9.18 Å². The Morgan fingerprint density at radius 2 is 2.05 bits per heavy atom. The number of hydrogen-bond donors (Lipinski definition) is 3. The minimum Gasteiger partial charge on any atom is -0.352 e. The molecule has 0 radical (unpaired) electrons. The van der Waals surface area contributed by atoms with Crippen molar-refractivity contribution in [2.75, 3.05) is 12.0 Å². The molecule has 0 saturated heterocycles. The van der Waals surface area contributed by atoms with Gasteiger partial charge < -0.3 is 10.7 Å². The maximum atomic E-state index is 12.8. The molecule has 1 aromatic heterocycles. The number of rotatable bonds is 5. The molecule has 7 heteroatoms. The van der Waals surface area contributed by atoms with Gasteiger partial charge in [-0.15, -0.1) is 0 Å². The number of nitrogens with zero attached hydrogens (tertiary/aromatic N) is 1. The molecule has 4 N–H and O–H groups in total. The van der Waals surface area contributed by atoms with Gasteiger partial charge in [-0.05, 0) is 30.2 Å². The monoisotopic (exact) mass is 308 g/mol. The van der Waals surface area contributed by atoms with Crippen LogP contribution in [0.1, 0.15) is 15.9 Å². The van der Waals surface area contributed by atoms with Gasteiger partial charge in [-0.2, -0.15) is 0 Å². The number of nitrogen functional groups attached to an aromatic ring is 1. The summed E-state index contributed by atoms with van der Waals surface area (Å²) in [6.45, 7) is 0.430. The van der Waals surface area contributed by atoms with Crippen LogP contribution < -0.4 is 16.6 Å². The molecule has 0 aliphatic carbocycles. The highest BCUT2D eigenvalue weighted by molar-refractivity contribution is 6.33. The Hall–Kier alpha value is -2.18. The van der Waals surface area contributed by atoms with E-state index < -0.39 is 0 Å². The molecule has 0 unspecified atom stereocenters. The lowest BCUT2D eigenvalue weighted by molar-refractivity contribution is 0.0954. The molecule has 1 amide bonds. The van der Waals surface area contributed by atoms with Crippen LogP contribution in [0.25, 0.3) is 0 Å². The molecule has 0 atom stereocenters. The summed E-state index contributed by atoms with van der Waals surface area (Å²) in [5.74, 6) is 4.95. The average molecular weight is 309 g/mol. The van der Waals surface area contributed by atoms with Crippen LogP contribution >= 0.6 is 11.6 Å². The number of hydrazine groups is 1. The van der Waals surface area contributed by atoms with E-state index in [1.54, 1.807) is 12.1 Å². The summed E-state index contributed by atoms with van der Waals surface area (Å²) in [6.07, 6.45) is 1.99. The molecule has 110 valence electrons. The lowest BCUT2D eigenvalue weighted by Crippen LogP contribution is -2.26. The molecule has 1 aromatic carbocycles. The molecule has 2 rings (SSSR count). The standard InChI is InChI=1S/C14H14ClFN4O/c15-12-7-10(8-19-13(12)20-17)14(21)18-6-5-9-1-3-11(16)4-2-9/h1-4,7-8H,5-6,17H2,(H,18,21)(H,19,20). The Morgan fingerprint density at radius 1 is 1.33 bits per heavy atom. The lowest BCUT2D eigenvalue weighted by atomic mass is 10.1. The van der Waals surface area contributed by atoms with Gasteiger partial charge >= 0.3 is 0 Å². The van der Waals surface area contributed by atoms with Crippen molar-refractivity contribution in [1.82, 2.24) is 10.3 Å². The smallest absolute Gasteiger partial charge is 0.252 e. The summed E-state index contributed by atoms with van der Waals surface area (Å²) < 4.78 is 12.8. The molecular formula is C14H14ClFN4O. The molecule has 0 aliphatic heterocycles. The van der Waals surface area contributed by atoms with Crippen molar-refractivity contribution in [2.24, 2.45) is 5.84 Å². The van der Waals surface area contributed by atoms with Crippen molar-refractivity contribution < 1.29 is 9.18 Å². The maximum absolute atomic E-state index is 12.8. The molecule has 1 heterocycles. The Morgan fingerprint density at radius 3 is 2.67 bits per heavy atom. The van der Waals surface area contributed by atoms with Crippen LogP contribution in [0.5, 0.6) is 0 Å². The summed E-state index contributed by atoms with van der Waals surface area (Å²) in [5.41, 5.74) is 3.61. The minimum absolute atomic E-state index is 0.267. The maximum Gasteiger partial charge on any atom is 0.252 e. The van der Waals surface area contributed by atoms with Gasteiger partial charge in [-0.25, -0.2) is 15.2 Å². The second-order valence-electron chi connectivity index (χ2n) is 4.33. The van der Waals surface area contributed by atoms with E-state index in [0.717, 1.165) is 5.56 Å². The fourth-order valence-electron chi connectivity index (χ4n) is 1.74. The highest BCUT2D eigenvalue weighted by Crippen LogP contribution is 2.18. The van der Waals surface area contributed by atoms with Crippen molar-refractivity contribution >= 4 is 23.3 Å². The number of amides is 1. The number of anilines is 1. The number of carbonyl (C=O) groups excluding carboxylic acids is 1. The SMILES string of the molecule is NNc1ncc(C(=O)NCCc2ccc(F)cc2)cc1Cl. The molecule has 0 bridgehead atoms. The van der Waals surface area contributed by atoms with Crippen molar-refractivity contribution in [1.29, 1.82) is 0 Å². The number of hydrogen-bond acceptors (Lipinski definition) is 4. The molecule has 0 fully saturated rings. The Kier molecular flexibility index (Phi) is 5.08. The molecule has 0 saturated carbocycles. The van der Waals surface area contributed by atoms with Gasteiger partial charge in [-0.3, -0.25) is 4.79 Å². The lowest BCUT2D eigenvalue weighted by Gasteiger charge is -2.07. The Balaban J connectivity index is 1.89. The number of aromatic nitrogens is 1. The van der Waals surface area contributed by atoms with Crippen molar-refractivity contribution in [3.63, 3.8) is 0 Å². The van der Waals surface area contributed by atoms with Crippen LogP contribution in [-0.2, 0) is 6.42 Å². The first-order chi connectivity index (χ1) is 10.1. The van der Waals surface area contributed by atoms with E-state index >= 15 is 0 Å². The first-order valence-corrected chi connectivity index (χ1v) is 6.63. The van der Waals surface area contributed by atoms with Crippen LogP contribution in [0.2, 0.25) is 5.02 Å². The zero-order chi connectivity index (χ0) is 15.2. The number of pyridine rings is 1. The third-order valence-corrected chi connectivity index (χ3v) is 3.14. The third kappa shape index (κ3) is 4.14. The highest BCUT2D eigenvalue weighted by atomic mass is 35.5. The highest BCUT2D eigenvalue weighted by Gasteiger charge is 2.09. The fourth-order valence-corrected chi connectivity index (χ4v) is 1.96. The summed E-state index contributed by atoms with van der Waals surface area (Å²) >= 11 is 5.90. The number of benzene rings is 1. The minimum atomic E-state index is -0.282. The van der Waals surface area contributed by atoms with E-state index in [1.807, 2.05) is 0 Å². The largest absolute Gasteiger partial charge is 0.352 e. The normalized spacial score (nSPS) is 10.2. The van der Waals surface area contributed by atoms with Crippen LogP contribution in [0.3, 0.4) is 0 Å². The first kappa shape index (κ1) is 15.2. The molecule has 5 nitrogen and oxygen atoms in total. The number of halogens is 2. The first-order valence-electron chi connectivity index (χ1n) is 6.25. The van der Waals surface area contributed by atoms with Crippen LogP contribution in [-0.4, -0.2) is 17.4 Å². The van der Waals surface area contributed by atoms with E-state index in [4.69, 9.17) is 17.4 Å². The van der Waals surface area contributed by atoms with E-state index in [1.165, 1.54) is 24.4 Å². The second kappa shape index (κ2) is 7.01. The summed E-state index contributed by atoms with van der Waals surface area (Å²) in [7, 11) is 0. The predicted molar refractivity (Wildman–Crippen MR) is 79.5 cm³/mol. The summed E-state index contributed by atoms with van der Waals surface area (Å²) in [6, 6.07) is 7.62. The van der Waals surface area contributed by atoms with Crippen molar-refractivity contribution in [2.45, 2.75) is 6.42 Å². The number of nitrogens with two attached hydrogens (primary N) is 1. The molecular weight excluding hydrogens is 295 g/mol. The zero-order valence-electron chi connectivity index (χ0n) is 11.1. The van der Waals surface area contributed by atoms with Crippen molar-refractivity contribution in [3.8, 4) is 0 Å². The van der Waals surface area contributed by atoms with Crippen LogP contribution in [0.4, 0.5) is 10.2 Å². The van der Waals surface area contributed by atoms with Crippen molar-refractivity contribution in [3.05, 3.63) is 58.5 Å². The second-order valence-corrected chi connectivity index (χ2v) is 4.74. The quantitative estimate of drug-likeness (QED) is 0.584. The van der Waals surface area contributed by atoms with E-state index in [2.05, 4.69) is 15.7 Å². The summed E-state index contributed by atoms with van der Waals surface area (Å²) in [5, 5.41) is 3.01. The van der Waals surface area contributed by atoms with Gasteiger partial charge in [0.2, 0.25) is 0 Å². The average Bonchev–Trinajstić information content (AvgIpc) is 2.49. The molecule has 0 spiro atoms. The van der Waals surface area contributed by atoms with Gasteiger partial charge in [0.25, 0.3) is 5.91 Å². The zero-order valence-corrected chi connectivity index (χ0v) is 11.8. The Labute approximate surface area is 126 Å². The van der Waals surface area contributed by atoms with Gasteiger partial charge in [-0.1, -0.05) is 23.7 Å². The van der Waals surface area contributed by atoms with Crippen LogP contribution in [0.15, 0.2) is 36.5 Å². The van der Waals surface area contributed by atoms with Gasteiger partial charge in [0.1, 0.15) is 5.82 Å². The van der Waals surface area contributed by atoms with Gasteiger partial charge in [0, 0.05) is 12.7 Å². The molecule has 2 aromatic rings. The molecule has 0 aliphatic rings. The Bertz CT molecular complexity index is 633. The predicted octanol–water partition coefficient (Wildman–Crippen LogP) is 2.13. The summed E-state index contributed by atoms with van der Waals surface area (Å²) in [4.78, 5) is 15.8. The van der Waals surface area contributed by atoms with E-state index in [-0.39, 0.29) is 16.7 Å². The van der Waals surface area contributed by atoms with E-state index in [0.29, 0.717) is 24.3 Å². The third-order valence-electron chi connectivity index (χ3n) is 2.85. The van der Waals surface area contributed by atoms with Crippen LogP contribution in [0, 0.1) is 5.82 Å². The fraction of sp³-hybridized carbons (Fsp3) is 0.143. The van der Waals surface area contributed by atoms with Gasteiger partial charge in [0.05, 0.1) is 10.6 Å². The molecule has 21 heavy (non-hydrogen) atoms. The van der Waals surface area contributed by atoms with Gasteiger partial charge in [0.15, 0.2) is 5.82 Å². The number of nitrogens with one attached hydrogen (secondary N) is 2. The number of carbonyl (C=O) groups is 1. The topological polar surface area (TPSA) is 80.0 Å².